The van der Waals surface area contributed by atoms with E-state index < -0.39 is 5.38 Å². The highest BCUT2D eigenvalue weighted by atomic mass is 35.5. The van der Waals surface area contributed by atoms with Gasteiger partial charge in [0.25, 0.3) is 0 Å². The summed E-state index contributed by atoms with van der Waals surface area (Å²) in [6.45, 7) is 1.63. The first kappa shape index (κ1) is 9.98. The molecule has 0 saturated heterocycles. The maximum absolute atomic E-state index is 11.4. The molecule has 0 bridgehead atoms. The van der Waals surface area contributed by atoms with Crippen molar-refractivity contribution in [2.24, 2.45) is 0 Å². The van der Waals surface area contributed by atoms with Crippen LogP contribution in [0.3, 0.4) is 0 Å². The first-order chi connectivity index (χ1) is 7.18. The number of rotatable bonds is 2. The van der Waals surface area contributed by atoms with E-state index >= 15 is 0 Å². The van der Waals surface area contributed by atoms with Crippen LogP contribution < -0.4 is 5.32 Å². The van der Waals surface area contributed by atoms with Crippen molar-refractivity contribution in [1.29, 1.82) is 0 Å². The van der Waals surface area contributed by atoms with Crippen LogP contribution in [0.25, 0.3) is 10.9 Å². The van der Waals surface area contributed by atoms with Gasteiger partial charge < -0.3 is 5.32 Å². The number of para-hydroxylation sites is 1. The fraction of sp³-hybridized carbons (Fsp3) is 0.200. The number of H-pyrrole nitrogens is 1. The van der Waals surface area contributed by atoms with E-state index in [0.29, 0.717) is 5.69 Å². The number of fused-ring (bicyclic) bond motifs is 1. The summed E-state index contributed by atoms with van der Waals surface area (Å²) < 4.78 is 0. The standard InChI is InChI=1S/C10H10ClN3O/c1-6(11)10(15)13-8-4-2-3-7-5-12-14-9(7)8/h2-6H,1H3,(H,12,14)(H,13,15)/t6-/m0/s1. The highest BCUT2D eigenvalue weighted by Crippen LogP contribution is 2.20. The summed E-state index contributed by atoms with van der Waals surface area (Å²) in [5.74, 6) is -0.223. The normalized spacial score (nSPS) is 12.7. The predicted octanol–water partition coefficient (Wildman–Crippen LogP) is 2.13. The zero-order valence-electron chi connectivity index (χ0n) is 8.12. The zero-order chi connectivity index (χ0) is 10.8. The fourth-order valence-electron chi connectivity index (χ4n) is 1.31. The summed E-state index contributed by atoms with van der Waals surface area (Å²) in [6.07, 6.45) is 1.70. The van der Waals surface area contributed by atoms with Gasteiger partial charge in [0.05, 0.1) is 17.4 Å². The SMILES string of the molecule is C[C@H](Cl)C(=O)Nc1cccc2cn[nH]c12. The Balaban J connectivity index is 2.35. The predicted molar refractivity (Wildman–Crippen MR) is 60.0 cm³/mol. The second-order valence-corrected chi connectivity index (χ2v) is 3.90. The van der Waals surface area contributed by atoms with Crippen LogP contribution in [0.5, 0.6) is 0 Å². The number of halogens is 1. The molecule has 1 aromatic heterocycles. The van der Waals surface area contributed by atoms with Gasteiger partial charge in [-0.3, -0.25) is 9.89 Å². The van der Waals surface area contributed by atoms with E-state index in [1.165, 1.54) is 0 Å². The molecule has 0 radical (unpaired) electrons. The molecule has 0 aliphatic rings. The molecule has 2 N–H and O–H groups in total. The highest BCUT2D eigenvalue weighted by molar-refractivity contribution is 6.32. The average Bonchev–Trinajstić information content (AvgIpc) is 2.66. The molecule has 78 valence electrons. The molecule has 5 heteroatoms. The fourth-order valence-corrected chi connectivity index (χ4v) is 1.36. The minimum Gasteiger partial charge on any atom is -0.323 e. The van der Waals surface area contributed by atoms with E-state index in [0.717, 1.165) is 10.9 Å². The number of benzene rings is 1. The summed E-state index contributed by atoms with van der Waals surface area (Å²) >= 11 is 5.67. The van der Waals surface area contributed by atoms with Gasteiger partial charge in [0.15, 0.2) is 0 Å². The largest absolute Gasteiger partial charge is 0.323 e. The number of nitrogens with zero attached hydrogens (tertiary/aromatic N) is 1. The molecular formula is C10H10ClN3O. The van der Waals surface area contributed by atoms with Gasteiger partial charge in [-0.1, -0.05) is 12.1 Å². The number of carbonyl (C=O) groups is 1. The Morgan fingerprint density at radius 1 is 1.60 bits per heavy atom. The smallest absolute Gasteiger partial charge is 0.242 e. The Labute approximate surface area is 91.6 Å². The van der Waals surface area contributed by atoms with Crippen molar-refractivity contribution >= 4 is 34.1 Å². The lowest BCUT2D eigenvalue weighted by molar-refractivity contribution is -0.115. The number of aromatic amines is 1. The summed E-state index contributed by atoms with van der Waals surface area (Å²) in [5, 5.41) is 9.86. The van der Waals surface area contributed by atoms with Gasteiger partial charge in [0.1, 0.15) is 5.38 Å². The van der Waals surface area contributed by atoms with E-state index in [9.17, 15) is 4.79 Å². The molecule has 0 aliphatic heterocycles. The quantitative estimate of drug-likeness (QED) is 0.767. The second-order valence-electron chi connectivity index (χ2n) is 3.25. The van der Waals surface area contributed by atoms with Gasteiger partial charge in [-0.2, -0.15) is 5.10 Å². The van der Waals surface area contributed by atoms with Crippen molar-refractivity contribution < 1.29 is 4.79 Å². The molecule has 1 aromatic carbocycles. The third-order valence-corrected chi connectivity index (χ3v) is 2.29. The van der Waals surface area contributed by atoms with Crippen molar-refractivity contribution in [1.82, 2.24) is 10.2 Å². The van der Waals surface area contributed by atoms with Gasteiger partial charge >= 0.3 is 0 Å². The molecule has 0 unspecified atom stereocenters. The zero-order valence-corrected chi connectivity index (χ0v) is 8.88. The lowest BCUT2D eigenvalue weighted by Gasteiger charge is -2.06. The van der Waals surface area contributed by atoms with Gasteiger partial charge in [0, 0.05) is 5.39 Å². The number of anilines is 1. The summed E-state index contributed by atoms with van der Waals surface area (Å²) in [5.41, 5.74) is 1.51. The molecule has 0 saturated carbocycles. The number of amides is 1. The molecular weight excluding hydrogens is 214 g/mol. The Morgan fingerprint density at radius 2 is 2.40 bits per heavy atom. The van der Waals surface area contributed by atoms with Gasteiger partial charge in [-0.15, -0.1) is 11.6 Å². The number of hydrogen-bond donors (Lipinski definition) is 2. The first-order valence-electron chi connectivity index (χ1n) is 4.55. The van der Waals surface area contributed by atoms with Crippen LogP contribution in [0.4, 0.5) is 5.69 Å². The van der Waals surface area contributed by atoms with E-state index in [1.807, 2.05) is 12.1 Å². The molecule has 0 spiro atoms. The van der Waals surface area contributed by atoms with E-state index in [-0.39, 0.29) is 5.91 Å². The second kappa shape index (κ2) is 3.90. The van der Waals surface area contributed by atoms with E-state index in [2.05, 4.69) is 15.5 Å². The summed E-state index contributed by atoms with van der Waals surface area (Å²) in [6, 6.07) is 5.57. The lowest BCUT2D eigenvalue weighted by atomic mass is 10.2. The van der Waals surface area contributed by atoms with Crippen LogP contribution in [0, 0.1) is 0 Å². The number of aromatic nitrogens is 2. The van der Waals surface area contributed by atoms with Gasteiger partial charge in [0.2, 0.25) is 5.91 Å². The number of hydrogen-bond acceptors (Lipinski definition) is 2. The molecule has 0 aliphatic carbocycles. The third kappa shape index (κ3) is 1.94. The van der Waals surface area contributed by atoms with E-state index in [4.69, 9.17) is 11.6 Å². The number of nitrogens with one attached hydrogen (secondary N) is 2. The lowest BCUT2D eigenvalue weighted by Crippen LogP contribution is -2.20. The Hall–Kier alpha value is -1.55. The highest BCUT2D eigenvalue weighted by Gasteiger charge is 2.11. The minimum atomic E-state index is -0.553. The number of alkyl halides is 1. The Morgan fingerprint density at radius 3 is 3.13 bits per heavy atom. The van der Waals surface area contributed by atoms with Crippen LogP contribution in [-0.4, -0.2) is 21.5 Å². The van der Waals surface area contributed by atoms with Crippen LogP contribution in [0.1, 0.15) is 6.92 Å². The Bertz CT molecular complexity index is 492. The molecule has 4 nitrogen and oxygen atoms in total. The molecule has 1 atom stereocenters. The van der Waals surface area contributed by atoms with Gasteiger partial charge in [-0.25, -0.2) is 0 Å². The van der Waals surface area contributed by atoms with Crippen LogP contribution in [-0.2, 0) is 4.79 Å². The van der Waals surface area contributed by atoms with Crippen LogP contribution in [0.2, 0.25) is 0 Å². The minimum absolute atomic E-state index is 0.223. The molecule has 2 aromatic rings. The molecule has 1 heterocycles. The van der Waals surface area contributed by atoms with Crippen molar-refractivity contribution in [3.8, 4) is 0 Å². The topological polar surface area (TPSA) is 57.8 Å². The molecule has 1 amide bonds. The van der Waals surface area contributed by atoms with Crippen molar-refractivity contribution in [2.45, 2.75) is 12.3 Å². The van der Waals surface area contributed by atoms with Crippen LogP contribution in [0.15, 0.2) is 24.4 Å². The number of carbonyl (C=O) groups excluding carboxylic acids is 1. The first-order valence-corrected chi connectivity index (χ1v) is 4.99. The van der Waals surface area contributed by atoms with Crippen LogP contribution >= 0.6 is 11.6 Å². The molecule has 0 fully saturated rings. The van der Waals surface area contributed by atoms with Crippen molar-refractivity contribution in [3.63, 3.8) is 0 Å². The van der Waals surface area contributed by atoms with Crippen molar-refractivity contribution in [2.75, 3.05) is 5.32 Å². The van der Waals surface area contributed by atoms with Crippen molar-refractivity contribution in [3.05, 3.63) is 24.4 Å². The third-order valence-electron chi connectivity index (χ3n) is 2.10. The van der Waals surface area contributed by atoms with E-state index in [1.54, 1.807) is 19.2 Å². The maximum Gasteiger partial charge on any atom is 0.242 e. The summed E-state index contributed by atoms with van der Waals surface area (Å²) in [7, 11) is 0. The monoisotopic (exact) mass is 223 g/mol. The van der Waals surface area contributed by atoms with Gasteiger partial charge in [-0.05, 0) is 13.0 Å². The summed E-state index contributed by atoms with van der Waals surface area (Å²) in [4.78, 5) is 11.4. The average molecular weight is 224 g/mol. The molecule has 15 heavy (non-hydrogen) atoms. The maximum atomic E-state index is 11.4. The molecule has 2 rings (SSSR count). The Kier molecular flexibility index (Phi) is 2.60.